The van der Waals surface area contributed by atoms with Crippen molar-refractivity contribution in [3.8, 4) is 89.0 Å². The molecule has 16 aromatic carbocycles. The molecule has 18 aromatic rings. The molecule has 0 aliphatic rings. The highest BCUT2D eigenvalue weighted by atomic mass is 32.1. The lowest BCUT2D eigenvalue weighted by Gasteiger charge is -2.28. The van der Waals surface area contributed by atoms with E-state index in [4.69, 9.17) is 0 Å². The van der Waals surface area contributed by atoms with E-state index < -0.39 is 0 Å². The highest BCUT2D eigenvalue weighted by Gasteiger charge is 2.21. The summed E-state index contributed by atoms with van der Waals surface area (Å²) in [5.74, 6) is 0. The van der Waals surface area contributed by atoms with Gasteiger partial charge in [0.15, 0.2) is 0 Å². The maximum Gasteiger partial charge on any atom is 0.0540 e. The van der Waals surface area contributed by atoms with Gasteiger partial charge >= 0.3 is 0 Å². The highest BCUT2D eigenvalue weighted by Crippen LogP contribution is 2.47. The summed E-state index contributed by atoms with van der Waals surface area (Å²) in [6.45, 7) is 0. The van der Waals surface area contributed by atoms with Crippen LogP contribution < -0.4 is 9.80 Å². The topological polar surface area (TPSA) is 6.48 Å². The standard InChI is InChI=1S/2C48H33NS/c1-4-14-34(15-5-1)35-24-28-40(29-25-35)49(46-22-12-10-20-42(46)37-16-6-2-7-17-37)41-30-26-36(27-31-41)39-32-44(38-18-8-3-9-19-38)48-45(33-39)43-21-11-13-23-47(43)50-48;1-4-12-34(13-5-1)35-20-22-36(23-21-35)37-24-28-42(29-25-37)49(41-16-8-3-9-17-41)43-30-26-38(27-31-43)40-32-45(39-14-6-2-7-15-39)48-46(33-40)44-18-10-11-19-47(44)50-48/h2*1-33H. The molecule has 0 aliphatic heterocycles. The Morgan fingerprint density at radius 1 is 0.160 bits per heavy atom. The number of thiophene rings is 2. The number of fused-ring (bicyclic) bond motifs is 6. The lowest BCUT2D eigenvalue weighted by Crippen LogP contribution is -2.11. The van der Waals surface area contributed by atoms with Crippen molar-refractivity contribution in [1.29, 1.82) is 0 Å². The molecule has 0 radical (unpaired) electrons. The molecule has 2 heterocycles. The number of para-hydroxylation sites is 2. The Morgan fingerprint density at radius 3 is 0.800 bits per heavy atom. The molecule has 2 nitrogen and oxygen atoms in total. The molecule has 18 rings (SSSR count). The Bertz CT molecular complexity index is 5820. The average Bonchev–Trinajstić information content (AvgIpc) is 1.56. The smallest absolute Gasteiger partial charge is 0.0540 e. The van der Waals surface area contributed by atoms with Gasteiger partial charge in [0.2, 0.25) is 0 Å². The number of hydrogen-bond acceptors (Lipinski definition) is 4. The van der Waals surface area contributed by atoms with Crippen LogP contribution in [0.15, 0.2) is 400 Å². The first-order chi connectivity index (χ1) is 49.6. The van der Waals surface area contributed by atoms with Crippen molar-refractivity contribution in [2.75, 3.05) is 9.80 Å². The van der Waals surface area contributed by atoms with Crippen molar-refractivity contribution in [1.82, 2.24) is 0 Å². The lowest BCUT2D eigenvalue weighted by atomic mass is 9.95. The summed E-state index contributed by atoms with van der Waals surface area (Å²) in [5.41, 5.74) is 26.2. The Kier molecular flexibility index (Phi) is 16.9. The number of hydrogen-bond donors (Lipinski definition) is 0. The van der Waals surface area contributed by atoms with Gasteiger partial charge in [0.1, 0.15) is 0 Å². The van der Waals surface area contributed by atoms with E-state index in [1.165, 1.54) is 129 Å². The fourth-order valence-electron chi connectivity index (χ4n) is 14.0. The second kappa shape index (κ2) is 27.6. The third-order valence-electron chi connectivity index (χ3n) is 19.0. The van der Waals surface area contributed by atoms with Gasteiger partial charge < -0.3 is 9.80 Å². The van der Waals surface area contributed by atoms with Crippen LogP contribution in [0.3, 0.4) is 0 Å². The van der Waals surface area contributed by atoms with Crippen molar-refractivity contribution in [2.45, 2.75) is 0 Å². The Morgan fingerprint density at radius 2 is 0.420 bits per heavy atom. The first-order valence-electron chi connectivity index (χ1n) is 34.0. The highest BCUT2D eigenvalue weighted by molar-refractivity contribution is 7.26. The van der Waals surface area contributed by atoms with Gasteiger partial charge in [0.05, 0.1) is 5.69 Å². The number of anilines is 6. The zero-order valence-corrected chi connectivity index (χ0v) is 56.4. The maximum atomic E-state index is 2.38. The van der Waals surface area contributed by atoms with Gasteiger partial charge in [-0.2, -0.15) is 0 Å². The van der Waals surface area contributed by atoms with Crippen LogP contribution in [-0.2, 0) is 0 Å². The van der Waals surface area contributed by atoms with Gasteiger partial charge in [-0.25, -0.2) is 0 Å². The molecule has 0 atom stereocenters. The summed E-state index contributed by atoms with van der Waals surface area (Å²) in [7, 11) is 0. The lowest BCUT2D eigenvalue weighted by molar-refractivity contribution is 1.28. The Labute approximate surface area is 592 Å². The van der Waals surface area contributed by atoms with Crippen LogP contribution in [-0.4, -0.2) is 0 Å². The predicted octanol–water partition coefficient (Wildman–Crippen LogP) is 28.4. The van der Waals surface area contributed by atoms with E-state index in [1.54, 1.807) is 0 Å². The molecule has 0 saturated heterocycles. The van der Waals surface area contributed by atoms with E-state index in [1.807, 2.05) is 22.7 Å². The second-order valence-corrected chi connectivity index (χ2v) is 27.2. The minimum Gasteiger partial charge on any atom is -0.311 e. The van der Waals surface area contributed by atoms with Crippen LogP contribution >= 0.6 is 22.7 Å². The van der Waals surface area contributed by atoms with E-state index in [-0.39, 0.29) is 0 Å². The van der Waals surface area contributed by atoms with E-state index in [0.717, 1.165) is 34.1 Å². The first-order valence-corrected chi connectivity index (χ1v) is 35.7. The van der Waals surface area contributed by atoms with Gasteiger partial charge in [-0.1, -0.05) is 297 Å². The van der Waals surface area contributed by atoms with Crippen molar-refractivity contribution in [2.24, 2.45) is 0 Å². The quantitative estimate of drug-likeness (QED) is 0.107. The first kappa shape index (κ1) is 61.2. The molecule has 0 unspecified atom stereocenters. The maximum absolute atomic E-state index is 2.38. The van der Waals surface area contributed by atoms with Crippen LogP contribution in [0.25, 0.3) is 129 Å². The largest absolute Gasteiger partial charge is 0.311 e. The SMILES string of the molecule is c1ccc(-c2ccc(-c3ccc(N(c4ccccc4)c4ccc(-c5cc(-c6ccccc6)c6sc7ccccc7c6c5)cc4)cc3)cc2)cc1.c1ccc(-c2ccc(N(c3ccc(-c4cc(-c5ccccc5)c5sc6ccccc6c5c4)cc3)c3ccccc3-c3ccccc3)cc2)cc1. The molecular formula is C96H66N2S2. The summed E-state index contributed by atoms with van der Waals surface area (Å²) in [6.07, 6.45) is 0. The molecule has 0 N–H and O–H groups in total. The summed E-state index contributed by atoms with van der Waals surface area (Å²) in [6, 6.07) is 144. The van der Waals surface area contributed by atoms with Crippen LogP contribution in [0, 0.1) is 0 Å². The number of nitrogens with zero attached hydrogens (tertiary/aromatic N) is 2. The number of rotatable bonds is 14. The summed E-state index contributed by atoms with van der Waals surface area (Å²) in [5, 5.41) is 5.24. The fraction of sp³-hybridized carbons (Fsp3) is 0. The monoisotopic (exact) mass is 1310 g/mol. The molecule has 0 bridgehead atoms. The molecule has 0 fully saturated rings. The van der Waals surface area contributed by atoms with Crippen LogP contribution in [0.5, 0.6) is 0 Å². The second-order valence-electron chi connectivity index (χ2n) is 25.1. The minimum absolute atomic E-state index is 1.11. The fourth-order valence-corrected chi connectivity index (χ4v) is 16.4. The molecule has 0 aliphatic carbocycles. The number of benzene rings is 16. The normalized spacial score (nSPS) is 11.2. The average molecular weight is 1310 g/mol. The third kappa shape index (κ3) is 12.4. The van der Waals surface area contributed by atoms with Gasteiger partial charge in [0.25, 0.3) is 0 Å². The summed E-state index contributed by atoms with van der Waals surface area (Å²) >= 11 is 3.76. The van der Waals surface area contributed by atoms with Crippen LogP contribution in [0.1, 0.15) is 0 Å². The Balaban J connectivity index is 0.000000150. The van der Waals surface area contributed by atoms with Gasteiger partial charge in [-0.05, 0) is 175 Å². The van der Waals surface area contributed by atoms with E-state index >= 15 is 0 Å². The third-order valence-corrected chi connectivity index (χ3v) is 21.4. The summed E-state index contributed by atoms with van der Waals surface area (Å²) < 4.78 is 5.31. The van der Waals surface area contributed by atoms with E-state index in [0.29, 0.717) is 0 Å². The minimum atomic E-state index is 1.11. The van der Waals surface area contributed by atoms with Gasteiger partial charge in [0, 0.05) is 85.5 Å². The molecule has 4 heteroatoms. The van der Waals surface area contributed by atoms with Crippen LogP contribution in [0.2, 0.25) is 0 Å². The molecule has 100 heavy (non-hydrogen) atoms. The molecule has 0 spiro atoms. The Hall–Kier alpha value is -12.4. The van der Waals surface area contributed by atoms with Crippen molar-refractivity contribution >= 4 is 97.1 Å². The predicted molar refractivity (Wildman–Crippen MR) is 432 cm³/mol. The molecule has 0 amide bonds. The molecule has 0 saturated carbocycles. The molecular weight excluding hydrogens is 1250 g/mol. The zero-order valence-electron chi connectivity index (χ0n) is 54.8. The van der Waals surface area contributed by atoms with Crippen LogP contribution in [0.4, 0.5) is 34.1 Å². The van der Waals surface area contributed by atoms with Gasteiger partial charge in [-0.3, -0.25) is 0 Å². The zero-order chi connectivity index (χ0) is 66.6. The van der Waals surface area contributed by atoms with Crippen molar-refractivity contribution in [3.63, 3.8) is 0 Å². The molecule has 472 valence electrons. The van der Waals surface area contributed by atoms with Crippen molar-refractivity contribution < 1.29 is 0 Å². The van der Waals surface area contributed by atoms with E-state index in [9.17, 15) is 0 Å². The van der Waals surface area contributed by atoms with Crippen molar-refractivity contribution in [3.05, 3.63) is 400 Å². The van der Waals surface area contributed by atoms with Gasteiger partial charge in [-0.15, -0.1) is 22.7 Å². The molecule has 2 aromatic heterocycles. The van der Waals surface area contributed by atoms with E-state index in [2.05, 4.69) is 410 Å². The summed E-state index contributed by atoms with van der Waals surface area (Å²) in [4.78, 5) is 4.71.